The summed E-state index contributed by atoms with van der Waals surface area (Å²) in [6.45, 7) is 4.78. The molecule has 3 aromatic carbocycles. The SMILES string of the molecule is CCOc1ccc(NC2=CC(=NS(=O)(=O)c3ccc(OCC)cc3)c3ccccc3C2=O)cc1. The number of ketones is 1. The second-order valence-corrected chi connectivity index (χ2v) is 8.98. The molecule has 1 aliphatic carbocycles. The van der Waals surface area contributed by atoms with Crippen LogP contribution in [-0.4, -0.2) is 33.1 Å². The Balaban J connectivity index is 1.71. The Morgan fingerprint density at radius 3 is 1.94 bits per heavy atom. The maximum Gasteiger partial charge on any atom is 0.282 e. The van der Waals surface area contributed by atoms with Crippen molar-refractivity contribution in [2.24, 2.45) is 4.40 Å². The van der Waals surface area contributed by atoms with E-state index >= 15 is 0 Å². The lowest BCUT2D eigenvalue weighted by molar-refractivity contribution is 0.103. The number of rotatable bonds is 8. The highest BCUT2D eigenvalue weighted by Crippen LogP contribution is 2.26. The zero-order valence-corrected chi connectivity index (χ0v) is 19.6. The van der Waals surface area contributed by atoms with E-state index < -0.39 is 10.0 Å². The molecular weight excluding hydrogens is 452 g/mol. The van der Waals surface area contributed by atoms with Crippen molar-refractivity contribution in [3.8, 4) is 11.5 Å². The van der Waals surface area contributed by atoms with E-state index in [1.807, 2.05) is 13.8 Å². The van der Waals surface area contributed by atoms with Gasteiger partial charge in [0.15, 0.2) is 0 Å². The number of allylic oxidation sites excluding steroid dienone is 2. The highest BCUT2D eigenvalue weighted by atomic mass is 32.2. The maximum absolute atomic E-state index is 13.1. The summed E-state index contributed by atoms with van der Waals surface area (Å²) in [7, 11) is -4.03. The van der Waals surface area contributed by atoms with Crippen LogP contribution >= 0.6 is 0 Å². The minimum atomic E-state index is -4.03. The summed E-state index contributed by atoms with van der Waals surface area (Å²) in [6, 6.07) is 20.0. The van der Waals surface area contributed by atoms with Crippen molar-refractivity contribution < 1.29 is 22.7 Å². The van der Waals surface area contributed by atoms with Gasteiger partial charge in [-0.3, -0.25) is 4.79 Å². The Morgan fingerprint density at radius 1 is 0.794 bits per heavy atom. The average Bonchev–Trinajstić information content (AvgIpc) is 2.84. The lowest BCUT2D eigenvalue weighted by atomic mass is 9.92. The molecule has 0 aliphatic heterocycles. The number of benzene rings is 3. The van der Waals surface area contributed by atoms with E-state index in [1.54, 1.807) is 60.7 Å². The molecule has 0 saturated carbocycles. The van der Waals surface area contributed by atoms with Crippen LogP contribution in [0.25, 0.3) is 0 Å². The van der Waals surface area contributed by atoms with E-state index in [9.17, 15) is 13.2 Å². The lowest BCUT2D eigenvalue weighted by Gasteiger charge is -2.19. The Kier molecular flexibility index (Phi) is 6.79. The van der Waals surface area contributed by atoms with Crippen LogP contribution in [0.1, 0.15) is 29.8 Å². The van der Waals surface area contributed by atoms with Crippen LogP contribution in [0.15, 0.2) is 93.9 Å². The van der Waals surface area contributed by atoms with Crippen molar-refractivity contribution in [1.82, 2.24) is 0 Å². The molecule has 34 heavy (non-hydrogen) atoms. The van der Waals surface area contributed by atoms with Gasteiger partial charge in [0.05, 0.1) is 29.5 Å². The number of nitrogens with zero attached hydrogens (tertiary/aromatic N) is 1. The standard InChI is InChI=1S/C26H24N2O5S/c1-3-32-19-11-9-18(10-12-19)27-25-17-24(22-7-5-6-8-23(22)26(25)29)28-34(30,31)21-15-13-20(14-16-21)33-4-2/h5-17,27H,3-4H2,1-2H3. The Morgan fingerprint density at radius 2 is 1.35 bits per heavy atom. The van der Waals surface area contributed by atoms with E-state index in [4.69, 9.17) is 9.47 Å². The second-order valence-electron chi connectivity index (χ2n) is 7.37. The van der Waals surface area contributed by atoms with Gasteiger partial charge < -0.3 is 14.8 Å². The molecule has 1 N–H and O–H groups in total. The van der Waals surface area contributed by atoms with Crippen LogP contribution in [0, 0.1) is 0 Å². The molecular formula is C26H24N2O5S. The third kappa shape index (κ3) is 5.02. The van der Waals surface area contributed by atoms with Crippen LogP contribution in [0.4, 0.5) is 5.69 Å². The number of carbonyl (C=O) groups is 1. The molecule has 0 amide bonds. The fourth-order valence-corrected chi connectivity index (χ4v) is 4.51. The minimum Gasteiger partial charge on any atom is -0.494 e. The number of Topliss-reactive ketones (excluding diaryl/α,β-unsaturated/α-hetero) is 1. The first kappa shape index (κ1) is 23.3. The van der Waals surface area contributed by atoms with Crippen LogP contribution in [0.5, 0.6) is 11.5 Å². The van der Waals surface area contributed by atoms with Gasteiger partial charge in [0.2, 0.25) is 5.78 Å². The first-order valence-corrected chi connectivity index (χ1v) is 12.3. The van der Waals surface area contributed by atoms with Gasteiger partial charge in [-0.1, -0.05) is 24.3 Å². The van der Waals surface area contributed by atoms with Gasteiger partial charge in [-0.25, -0.2) is 0 Å². The molecule has 0 atom stereocenters. The monoisotopic (exact) mass is 476 g/mol. The molecule has 1 aliphatic rings. The maximum atomic E-state index is 13.1. The van der Waals surface area contributed by atoms with Gasteiger partial charge in [-0.05, 0) is 68.5 Å². The number of carbonyl (C=O) groups excluding carboxylic acids is 1. The first-order chi connectivity index (χ1) is 16.4. The fraction of sp³-hybridized carbons (Fsp3) is 0.154. The molecule has 0 bridgehead atoms. The third-order valence-corrected chi connectivity index (χ3v) is 6.37. The van der Waals surface area contributed by atoms with Crippen LogP contribution < -0.4 is 14.8 Å². The highest BCUT2D eigenvalue weighted by Gasteiger charge is 2.26. The van der Waals surface area contributed by atoms with Gasteiger partial charge in [0, 0.05) is 16.8 Å². The zero-order chi connectivity index (χ0) is 24.1. The van der Waals surface area contributed by atoms with Crippen molar-refractivity contribution in [2.45, 2.75) is 18.7 Å². The minimum absolute atomic E-state index is 0.0345. The van der Waals surface area contributed by atoms with Crippen molar-refractivity contribution in [3.05, 3.63) is 95.7 Å². The molecule has 0 fully saturated rings. The fourth-order valence-electron chi connectivity index (χ4n) is 3.51. The van der Waals surface area contributed by atoms with E-state index in [1.165, 1.54) is 18.2 Å². The lowest BCUT2D eigenvalue weighted by Crippen LogP contribution is -2.22. The number of anilines is 1. The molecule has 174 valence electrons. The first-order valence-electron chi connectivity index (χ1n) is 10.8. The Labute approximate surface area is 198 Å². The summed E-state index contributed by atoms with van der Waals surface area (Å²) in [5.74, 6) is 1.04. The predicted molar refractivity (Wildman–Crippen MR) is 131 cm³/mol. The molecule has 0 saturated heterocycles. The predicted octanol–water partition coefficient (Wildman–Crippen LogP) is 4.85. The smallest absolute Gasteiger partial charge is 0.282 e. The van der Waals surface area contributed by atoms with E-state index in [0.29, 0.717) is 41.5 Å². The molecule has 0 heterocycles. The summed E-state index contributed by atoms with van der Waals surface area (Å²) >= 11 is 0. The topological polar surface area (TPSA) is 94.1 Å². The van der Waals surface area contributed by atoms with Crippen molar-refractivity contribution in [3.63, 3.8) is 0 Å². The van der Waals surface area contributed by atoms with E-state index in [0.717, 1.165) is 0 Å². The van der Waals surface area contributed by atoms with Gasteiger partial charge in [0.25, 0.3) is 10.0 Å². The molecule has 7 nitrogen and oxygen atoms in total. The third-order valence-electron chi connectivity index (χ3n) is 5.07. The Bertz CT molecular complexity index is 1360. The van der Waals surface area contributed by atoms with Crippen molar-refractivity contribution in [2.75, 3.05) is 18.5 Å². The van der Waals surface area contributed by atoms with E-state index in [-0.39, 0.29) is 22.1 Å². The molecule has 0 spiro atoms. The largest absolute Gasteiger partial charge is 0.494 e. The van der Waals surface area contributed by atoms with Crippen molar-refractivity contribution in [1.29, 1.82) is 0 Å². The zero-order valence-electron chi connectivity index (χ0n) is 18.8. The summed E-state index contributed by atoms with van der Waals surface area (Å²) in [5, 5.41) is 3.08. The molecule has 0 aromatic heterocycles. The van der Waals surface area contributed by atoms with Crippen molar-refractivity contribution >= 4 is 27.2 Å². The molecule has 3 aromatic rings. The number of sulfonamides is 1. The van der Waals surface area contributed by atoms with Gasteiger partial charge in [-0.2, -0.15) is 12.8 Å². The second kappa shape index (κ2) is 9.93. The number of nitrogens with one attached hydrogen (secondary N) is 1. The van der Waals surface area contributed by atoms with Gasteiger partial charge >= 0.3 is 0 Å². The summed E-state index contributed by atoms with van der Waals surface area (Å²) in [5.41, 5.74) is 1.90. The highest BCUT2D eigenvalue weighted by molar-refractivity contribution is 7.90. The quantitative estimate of drug-likeness (QED) is 0.499. The molecule has 8 heteroatoms. The normalized spacial score (nSPS) is 14.4. The van der Waals surface area contributed by atoms with Gasteiger partial charge in [0.1, 0.15) is 11.5 Å². The number of fused-ring (bicyclic) bond motifs is 1. The van der Waals surface area contributed by atoms with Crippen LogP contribution in [-0.2, 0) is 10.0 Å². The molecule has 4 rings (SSSR count). The van der Waals surface area contributed by atoms with Crippen LogP contribution in [0.3, 0.4) is 0 Å². The number of hydrogen-bond donors (Lipinski definition) is 1. The summed E-state index contributed by atoms with van der Waals surface area (Å²) in [4.78, 5) is 13.1. The summed E-state index contributed by atoms with van der Waals surface area (Å²) in [6.07, 6.45) is 1.47. The number of ether oxygens (including phenoxy) is 2. The number of hydrogen-bond acceptors (Lipinski definition) is 6. The summed E-state index contributed by atoms with van der Waals surface area (Å²) < 4.78 is 41.0. The van der Waals surface area contributed by atoms with Gasteiger partial charge in [-0.15, -0.1) is 0 Å². The van der Waals surface area contributed by atoms with Crippen LogP contribution in [0.2, 0.25) is 0 Å². The molecule has 0 radical (unpaired) electrons. The average molecular weight is 477 g/mol. The molecule has 0 unspecified atom stereocenters. The Hall–Kier alpha value is -3.91. The van der Waals surface area contributed by atoms with E-state index in [2.05, 4.69) is 9.71 Å².